The highest BCUT2D eigenvalue weighted by molar-refractivity contribution is 5.92. The summed E-state index contributed by atoms with van der Waals surface area (Å²) < 4.78 is 14.4. The molecular formula is C24H22FN11O. The fourth-order valence-corrected chi connectivity index (χ4v) is 3.48. The molecule has 0 spiro atoms. The summed E-state index contributed by atoms with van der Waals surface area (Å²) in [5.74, 6) is 1.22. The second-order valence-corrected chi connectivity index (χ2v) is 8.31. The van der Waals surface area contributed by atoms with E-state index in [1.165, 1.54) is 23.3 Å². The Morgan fingerprint density at radius 2 is 1.89 bits per heavy atom. The van der Waals surface area contributed by atoms with E-state index in [0.29, 0.717) is 34.5 Å². The molecular weight excluding hydrogens is 477 g/mol. The average Bonchev–Trinajstić information content (AvgIpc) is 3.51. The van der Waals surface area contributed by atoms with Crippen molar-refractivity contribution < 1.29 is 9.18 Å². The van der Waals surface area contributed by atoms with E-state index < -0.39 is 11.9 Å². The van der Waals surface area contributed by atoms with Crippen molar-refractivity contribution in [2.75, 3.05) is 5.32 Å². The Balaban J connectivity index is 1.25. The van der Waals surface area contributed by atoms with Crippen LogP contribution in [0.4, 0.5) is 16.0 Å². The van der Waals surface area contributed by atoms with E-state index >= 15 is 0 Å². The Labute approximate surface area is 210 Å². The zero-order chi connectivity index (χ0) is 25.9. The standard InChI is InChI=1S/C24H22FN11O/c1-13-6-20(32-21-7-14(2)34-35-21)33-23(30-13)16-4-5-18(26-8-16)24(37)31-15(3)19-10-28-22(11-27-19)36-12-17(25)9-29-36/h4-12,15H,1-3H3,(H,31,37)(H2,30,32,33,34,35)/t15-/m0/s1. The van der Waals surface area contributed by atoms with E-state index in [0.717, 1.165) is 17.6 Å². The van der Waals surface area contributed by atoms with E-state index in [2.05, 4.69) is 50.8 Å². The SMILES string of the molecule is Cc1cc(Nc2cc(C)[nH]n2)nc(-c2ccc(C(=O)N[C@@H](C)c3cnc(-n4cc(F)cn4)cn3)nc2)n1. The smallest absolute Gasteiger partial charge is 0.270 e. The highest BCUT2D eigenvalue weighted by atomic mass is 19.1. The zero-order valence-electron chi connectivity index (χ0n) is 20.1. The van der Waals surface area contributed by atoms with Crippen LogP contribution in [0.2, 0.25) is 0 Å². The summed E-state index contributed by atoms with van der Waals surface area (Å²) in [4.78, 5) is 34.6. The molecule has 12 nitrogen and oxygen atoms in total. The number of nitrogens with zero attached hydrogens (tertiary/aromatic N) is 8. The van der Waals surface area contributed by atoms with Crippen LogP contribution < -0.4 is 10.6 Å². The number of hydrogen-bond donors (Lipinski definition) is 3. The van der Waals surface area contributed by atoms with Crippen molar-refractivity contribution in [2.45, 2.75) is 26.8 Å². The Kier molecular flexibility index (Phi) is 6.32. The largest absolute Gasteiger partial charge is 0.343 e. The van der Waals surface area contributed by atoms with Crippen molar-refractivity contribution in [3.05, 3.63) is 83.8 Å². The molecule has 5 aromatic heterocycles. The number of carbonyl (C=O) groups excluding carboxylic acids is 1. The van der Waals surface area contributed by atoms with Crippen LogP contribution in [0.15, 0.2) is 55.2 Å². The number of hydrogen-bond acceptors (Lipinski definition) is 9. The van der Waals surface area contributed by atoms with E-state index in [9.17, 15) is 9.18 Å². The van der Waals surface area contributed by atoms with Gasteiger partial charge in [0.15, 0.2) is 23.3 Å². The molecule has 0 aromatic carbocycles. The van der Waals surface area contributed by atoms with Gasteiger partial charge in [-0.25, -0.2) is 24.0 Å². The molecule has 0 saturated heterocycles. The van der Waals surface area contributed by atoms with Crippen LogP contribution in [0.3, 0.4) is 0 Å². The molecule has 0 radical (unpaired) electrons. The monoisotopic (exact) mass is 499 g/mol. The van der Waals surface area contributed by atoms with Crippen molar-refractivity contribution in [3.8, 4) is 17.2 Å². The van der Waals surface area contributed by atoms with Crippen molar-refractivity contribution in [3.63, 3.8) is 0 Å². The number of aromatic amines is 1. The molecule has 37 heavy (non-hydrogen) atoms. The second kappa shape index (κ2) is 9.89. The van der Waals surface area contributed by atoms with Gasteiger partial charge in [-0.15, -0.1) is 0 Å². The Morgan fingerprint density at radius 3 is 2.54 bits per heavy atom. The van der Waals surface area contributed by atoms with Gasteiger partial charge >= 0.3 is 0 Å². The summed E-state index contributed by atoms with van der Waals surface area (Å²) >= 11 is 0. The third-order valence-electron chi connectivity index (χ3n) is 5.31. The number of anilines is 2. The second-order valence-electron chi connectivity index (χ2n) is 8.31. The van der Waals surface area contributed by atoms with E-state index in [-0.39, 0.29) is 11.6 Å². The number of pyridine rings is 1. The molecule has 0 aliphatic rings. The summed E-state index contributed by atoms with van der Waals surface area (Å²) in [5, 5.41) is 16.9. The van der Waals surface area contributed by atoms with Gasteiger partial charge in [0, 0.05) is 35.3 Å². The van der Waals surface area contributed by atoms with Crippen LogP contribution >= 0.6 is 0 Å². The van der Waals surface area contributed by atoms with Crippen LogP contribution in [0, 0.1) is 19.7 Å². The molecule has 0 unspecified atom stereocenters. The summed E-state index contributed by atoms with van der Waals surface area (Å²) in [5.41, 5.74) is 3.11. The Hall–Kier alpha value is -5.07. The van der Waals surface area contributed by atoms with Gasteiger partial charge in [-0.1, -0.05) is 0 Å². The minimum absolute atomic E-state index is 0.227. The number of nitrogens with one attached hydrogen (secondary N) is 3. The molecule has 1 atom stereocenters. The highest BCUT2D eigenvalue weighted by Crippen LogP contribution is 2.20. The first-order valence-corrected chi connectivity index (χ1v) is 11.3. The first kappa shape index (κ1) is 23.7. The lowest BCUT2D eigenvalue weighted by Gasteiger charge is -2.13. The predicted octanol–water partition coefficient (Wildman–Crippen LogP) is 3.23. The van der Waals surface area contributed by atoms with E-state index in [4.69, 9.17) is 0 Å². The van der Waals surface area contributed by atoms with Gasteiger partial charge < -0.3 is 10.6 Å². The summed E-state index contributed by atoms with van der Waals surface area (Å²) in [6, 6.07) is 6.58. The fourth-order valence-electron chi connectivity index (χ4n) is 3.48. The van der Waals surface area contributed by atoms with E-state index in [1.807, 2.05) is 26.0 Å². The van der Waals surface area contributed by atoms with Gasteiger partial charge in [0.1, 0.15) is 11.5 Å². The molecule has 5 rings (SSSR count). The number of rotatable bonds is 7. The molecule has 0 fully saturated rings. The van der Waals surface area contributed by atoms with Crippen LogP contribution in [0.25, 0.3) is 17.2 Å². The average molecular weight is 500 g/mol. The molecule has 3 N–H and O–H groups in total. The third kappa shape index (κ3) is 5.45. The summed E-state index contributed by atoms with van der Waals surface area (Å²) in [6.07, 6.45) is 6.79. The lowest BCUT2D eigenvalue weighted by molar-refractivity contribution is 0.0934. The maximum atomic E-state index is 13.2. The maximum absolute atomic E-state index is 13.2. The van der Waals surface area contributed by atoms with Crippen LogP contribution in [0.5, 0.6) is 0 Å². The molecule has 186 valence electrons. The molecule has 0 aliphatic carbocycles. The first-order chi connectivity index (χ1) is 17.8. The molecule has 1 amide bonds. The fraction of sp³-hybridized carbons (Fsp3) is 0.167. The molecule has 5 aromatic rings. The Bertz CT molecular complexity index is 1540. The van der Waals surface area contributed by atoms with Crippen LogP contribution in [-0.2, 0) is 0 Å². The van der Waals surface area contributed by atoms with Gasteiger partial charge in [-0.05, 0) is 32.9 Å². The minimum Gasteiger partial charge on any atom is -0.343 e. The van der Waals surface area contributed by atoms with Gasteiger partial charge in [0.25, 0.3) is 5.91 Å². The highest BCUT2D eigenvalue weighted by Gasteiger charge is 2.15. The molecule has 5 heterocycles. The van der Waals surface area contributed by atoms with Crippen molar-refractivity contribution in [1.82, 2.24) is 50.2 Å². The number of carbonyl (C=O) groups is 1. The van der Waals surface area contributed by atoms with Gasteiger partial charge in [-0.3, -0.25) is 19.9 Å². The number of aryl methyl sites for hydroxylation is 2. The molecule has 13 heteroatoms. The van der Waals surface area contributed by atoms with Crippen molar-refractivity contribution >= 4 is 17.5 Å². The van der Waals surface area contributed by atoms with Crippen LogP contribution in [-0.4, -0.2) is 50.8 Å². The zero-order valence-corrected chi connectivity index (χ0v) is 20.1. The van der Waals surface area contributed by atoms with Gasteiger partial charge in [0.05, 0.1) is 36.5 Å². The minimum atomic E-state index is -0.472. The number of H-pyrrole nitrogens is 1. The number of amides is 1. The molecule has 0 saturated carbocycles. The third-order valence-corrected chi connectivity index (χ3v) is 5.31. The van der Waals surface area contributed by atoms with Crippen molar-refractivity contribution in [2.24, 2.45) is 0 Å². The quantitative estimate of drug-likeness (QED) is 0.306. The lowest BCUT2D eigenvalue weighted by atomic mass is 10.2. The summed E-state index contributed by atoms with van der Waals surface area (Å²) in [6.45, 7) is 5.55. The maximum Gasteiger partial charge on any atom is 0.270 e. The molecule has 0 bridgehead atoms. The van der Waals surface area contributed by atoms with E-state index in [1.54, 1.807) is 25.3 Å². The van der Waals surface area contributed by atoms with Crippen LogP contribution in [0.1, 0.15) is 40.5 Å². The van der Waals surface area contributed by atoms with Gasteiger partial charge in [0.2, 0.25) is 0 Å². The number of halogens is 1. The Morgan fingerprint density at radius 1 is 1.03 bits per heavy atom. The topological polar surface area (TPSA) is 152 Å². The van der Waals surface area contributed by atoms with Crippen molar-refractivity contribution in [1.29, 1.82) is 0 Å². The first-order valence-electron chi connectivity index (χ1n) is 11.3. The molecule has 0 aliphatic heterocycles. The number of aromatic nitrogens is 9. The summed E-state index contributed by atoms with van der Waals surface area (Å²) in [7, 11) is 0. The lowest BCUT2D eigenvalue weighted by Crippen LogP contribution is -2.28. The normalized spacial score (nSPS) is 11.8. The van der Waals surface area contributed by atoms with Gasteiger partial charge in [-0.2, -0.15) is 10.2 Å². The predicted molar refractivity (Wildman–Crippen MR) is 132 cm³/mol.